The van der Waals surface area contributed by atoms with E-state index in [1.165, 1.54) is 6.07 Å². The second kappa shape index (κ2) is 5.42. The van der Waals surface area contributed by atoms with E-state index in [9.17, 15) is 4.79 Å². The Balaban J connectivity index is 2.23. The number of benzene rings is 1. The van der Waals surface area contributed by atoms with Crippen molar-refractivity contribution in [2.75, 3.05) is 0 Å². The molecular weight excluding hydrogens is 293 g/mol. The van der Waals surface area contributed by atoms with Crippen LogP contribution in [0.25, 0.3) is 11.3 Å². The third-order valence-electron chi connectivity index (χ3n) is 2.11. The van der Waals surface area contributed by atoms with E-state index in [1.807, 2.05) is 30.3 Å². The molecule has 0 atom stereocenters. The predicted molar refractivity (Wildman–Crippen MR) is 74.7 cm³/mol. The molecular formula is C10H10NO4PS2. The second-order valence-corrected chi connectivity index (χ2v) is 9.45. The van der Waals surface area contributed by atoms with Gasteiger partial charge in [-0.3, -0.25) is 4.79 Å². The van der Waals surface area contributed by atoms with Gasteiger partial charge in [-0.25, -0.2) is 0 Å². The highest BCUT2D eigenvalue weighted by molar-refractivity contribution is 8.66. The molecule has 2 aromatic rings. The molecule has 0 aliphatic heterocycles. The number of hydrogen-bond donors (Lipinski definition) is 2. The van der Waals surface area contributed by atoms with Gasteiger partial charge in [-0.15, -0.1) is 0 Å². The number of nitrogens with zero attached hydrogens (tertiary/aromatic N) is 1. The van der Waals surface area contributed by atoms with Gasteiger partial charge in [0.25, 0.3) is 5.56 Å². The molecule has 5 nitrogen and oxygen atoms in total. The zero-order chi connectivity index (χ0) is 13.2. The van der Waals surface area contributed by atoms with Crippen molar-refractivity contribution >= 4 is 28.9 Å². The fourth-order valence-electron chi connectivity index (χ4n) is 1.33. The highest BCUT2D eigenvalue weighted by Gasteiger charge is 2.12. The van der Waals surface area contributed by atoms with Crippen LogP contribution in [0.4, 0.5) is 0 Å². The monoisotopic (exact) mass is 303 g/mol. The lowest BCUT2D eigenvalue weighted by atomic mass is 10.2. The van der Waals surface area contributed by atoms with Crippen molar-refractivity contribution in [2.24, 2.45) is 0 Å². The fourth-order valence-corrected chi connectivity index (χ4v) is 2.96. The number of aromatic nitrogens is 1. The molecule has 0 amide bonds. The average Bonchev–Trinajstić information content (AvgIpc) is 2.68. The second-order valence-electron chi connectivity index (χ2n) is 3.43. The molecule has 1 heterocycles. The lowest BCUT2D eigenvalue weighted by molar-refractivity contribution is 0.302. The lowest BCUT2D eigenvalue weighted by Crippen LogP contribution is -2.11. The van der Waals surface area contributed by atoms with Gasteiger partial charge in [0.05, 0.1) is 6.07 Å². The van der Waals surface area contributed by atoms with E-state index in [0.29, 0.717) is 17.1 Å². The maximum Gasteiger partial charge on any atom is 0.283 e. The van der Waals surface area contributed by atoms with E-state index >= 15 is 0 Å². The first-order valence-corrected chi connectivity index (χ1v) is 9.22. The molecule has 0 bridgehead atoms. The summed E-state index contributed by atoms with van der Waals surface area (Å²) in [5.74, 6) is 0.418. The van der Waals surface area contributed by atoms with Crippen molar-refractivity contribution in [1.82, 2.24) is 4.74 Å². The molecule has 0 aliphatic rings. The minimum absolute atomic E-state index is 0.0179. The molecule has 8 heteroatoms. The fraction of sp³-hybridized carbons (Fsp3) is 0.100. The third-order valence-corrected chi connectivity index (χ3v) is 5.10. The van der Waals surface area contributed by atoms with E-state index in [0.717, 1.165) is 10.3 Å². The highest BCUT2D eigenvalue weighted by Crippen LogP contribution is 2.51. The van der Waals surface area contributed by atoms with Crippen molar-refractivity contribution in [1.29, 1.82) is 0 Å². The minimum atomic E-state index is -3.38. The van der Waals surface area contributed by atoms with Crippen molar-refractivity contribution < 1.29 is 14.3 Å². The summed E-state index contributed by atoms with van der Waals surface area (Å²) in [6.07, 6.45) is 0. The maximum absolute atomic E-state index is 11.6. The van der Waals surface area contributed by atoms with Crippen LogP contribution >= 0.6 is 17.1 Å². The van der Waals surface area contributed by atoms with Crippen molar-refractivity contribution in [3.05, 3.63) is 46.8 Å². The number of rotatable bonds is 4. The maximum atomic E-state index is 11.6. The zero-order valence-corrected chi connectivity index (χ0v) is 11.6. The normalized spacial score (nSPS) is 11.7. The summed E-state index contributed by atoms with van der Waals surface area (Å²) in [7, 11) is 0. The Morgan fingerprint density at radius 2 is 2.00 bits per heavy atom. The predicted octanol–water partition coefficient (Wildman–Crippen LogP) is 2.01. The molecule has 0 radical (unpaired) electrons. The van der Waals surface area contributed by atoms with Crippen LogP contribution in [0.3, 0.4) is 0 Å². The molecule has 0 unspecified atom stereocenters. The quantitative estimate of drug-likeness (QED) is 0.842. The average molecular weight is 303 g/mol. The first kappa shape index (κ1) is 13.6. The number of hydrogen-bond acceptors (Lipinski definition) is 4. The lowest BCUT2D eigenvalue weighted by Gasteiger charge is -2.05. The zero-order valence-electron chi connectivity index (χ0n) is 9.09. The smallest absolute Gasteiger partial charge is 0.283 e. The van der Waals surface area contributed by atoms with Crippen LogP contribution in [0.1, 0.15) is 0 Å². The summed E-state index contributed by atoms with van der Waals surface area (Å²) >= 11 is 5.17. The standard InChI is InChI=1S/C10H10NO4PS2/c12-10-6-9(8-4-2-1-3-5-8)15-11(10)7-18-16(13,14)17/h1-6H,7H2,(H2,13,14,17). The minimum Gasteiger partial charge on any atom is -0.375 e. The van der Waals surface area contributed by atoms with Crippen LogP contribution in [-0.4, -0.2) is 14.5 Å². The molecule has 18 heavy (non-hydrogen) atoms. The van der Waals surface area contributed by atoms with E-state index in [2.05, 4.69) is 11.8 Å². The Hall–Kier alpha value is -0.850. The van der Waals surface area contributed by atoms with Crippen molar-refractivity contribution in [2.45, 2.75) is 5.88 Å². The molecule has 0 fully saturated rings. The SMILES string of the molecule is O=c1cc(-c2ccccc2)on1CSP(O)(O)=S. The van der Waals surface area contributed by atoms with Crippen molar-refractivity contribution in [3.8, 4) is 11.3 Å². The van der Waals surface area contributed by atoms with Crippen LogP contribution in [0, 0.1) is 0 Å². The van der Waals surface area contributed by atoms with Crippen LogP contribution in [0.15, 0.2) is 45.7 Å². The summed E-state index contributed by atoms with van der Waals surface area (Å²) < 4.78 is 6.37. The molecule has 0 saturated carbocycles. The largest absolute Gasteiger partial charge is 0.375 e. The molecule has 96 valence electrons. The Morgan fingerprint density at radius 1 is 1.33 bits per heavy atom. The van der Waals surface area contributed by atoms with Gasteiger partial charge in [0.15, 0.2) is 5.76 Å². The Labute approximate surface area is 112 Å². The first-order valence-electron chi connectivity index (χ1n) is 4.92. The van der Waals surface area contributed by atoms with Gasteiger partial charge < -0.3 is 14.3 Å². The highest BCUT2D eigenvalue weighted by atomic mass is 32.9. The van der Waals surface area contributed by atoms with Crippen LogP contribution in [0.5, 0.6) is 0 Å². The third kappa shape index (κ3) is 3.57. The van der Waals surface area contributed by atoms with E-state index in [-0.39, 0.29) is 11.4 Å². The van der Waals surface area contributed by atoms with E-state index in [4.69, 9.17) is 14.3 Å². The molecule has 0 spiro atoms. The Bertz CT molecular complexity index is 631. The summed E-state index contributed by atoms with van der Waals surface area (Å²) in [6.45, 7) is 0. The molecule has 0 aliphatic carbocycles. The molecule has 2 rings (SSSR count). The molecule has 2 N–H and O–H groups in total. The Morgan fingerprint density at radius 3 is 2.61 bits per heavy atom. The topological polar surface area (TPSA) is 75.6 Å². The first-order chi connectivity index (χ1) is 8.46. The van der Waals surface area contributed by atoms with Crippen LogP contribution in [0.2, 0.25) is 0 Å². The summed E-state index contributed by atoms with van der Waals surface area (Å²) in [4.78, 5) is 29.8. The molecule has 1 aromatic carbocycles. The van der Waals surface area contributed by atoms with Crippen LogP contribution < -0.4 is 5.56 Å². The van der Waals surface area contributed by atoms with Gasteiger partial charge in [0.2, 0.25) is 5.69 Å². The molecule has 0 saturated heterocycles. The van der Waals surface area contributed by atoms with Gasteiger partial charge in [-0.1, -0.05) is 30.3 Å². The van der Waals surface area contributed by atoms with Gasteiger partial charge in [-0.2, -0.15) is 4.74 Å². The summed E-state index contributed by atoms with van der Waals surface area (Å²) in [6, 6.07) is 10.5. The molecule has 1 aromatic heterocycles. The van der Waals surface area contributed by atoms with Crippen molar-refractivity contribution in [3.63, 3.8) is 0 Å². The van der Waals surface area contributed by atoms with Gasteiger partial charge in [0.1, 0.15) is 5.88 Å². The van der Waals surface area contributed by atoms with E-state index < -0.39 is 5.69 Å². The van der Waals surface area contributed by atoms with Gasteiger partial charge in [0, 0.05) is 5.56 Å². The summed E-state index contributed by atoms with van der Waals surface area (Å²) in [5.41, 5.74) is -2.94. The van der Waals surface area contributed by atoms with Gasteiger partial charge in [-0.05, 0) is 23.2 Å². The van der Waals surface area contributed by atoms with Gasteiger partial charge >= 0.3 is 0 Å². The summed E-state index contributed by atoms with van der Waals surface area (Å²) in [5, 5.41) is 0. The van der Waals surface area contributed by atoms with Crippen LogP contribution in [-0.2, 0) is 17.7 Å². The van der Waals surface area contributed by atoms with E-state index in [1.54, 1.807) is 0 Å². The Kier molecular flexibility index (Phi) is 4.09.